The van der Waals surface area contributed by atoms with Crippen LogP contribution in [0.3, 0.4) is 0 Å². The van der Waals surface area contributed by atoms with Crippen LogP contribution in [0.1, 0.15) is 13.8 Å². The Hall–Kier alpha value is -0.770. The molecule has 66 valence electrons. The monoisotopic (exact) mass is 185 g/mol. The highest BCUT2D eigenvalue weighted by atomic mass is 32.2. The predicted molar refractivity (Wildman–Crippen MR) is 49.0 cm³/mol. The molecule has 12 heavy (non-hydrogen) atoms. The van der Waals surface area contributed by atoms with Crippen LogP contribution in [0, 0.1) is 0 Å². The number of carbonyl (C=O) groups excluding carboxylic acids is 2. The van der Waals surface area contributed by atoms with Crippen molar-refractivity contribution in [1.29, 1.82) is 0 Å². The van der Waals surface area contributed by atoms with Gasteiger partial charge < -0.3 is 0 Å². The van der Waals surface area contributed by atoms with Gasteiger partial charge in [0, 0.05) is 0 Å². The Labute approximate surface area is 75.8 Å². The summed E-state index contributed by atoms with van der Waals surface area (Å²) in [5.74, 6) is 0.164. The third kappa shape index (κ3) is 1.53. The van der Waals surface area contributed by atoms with Crippen molar-refractivity contribution in [2.75, 3.05) is 5.75 Å². The van der Waals surface area contributed by atoms with E-state index in [1.54, 1.807) is 0 Å². The number of carbonyl (C=O) groups is 2. The van der Waals surface area contributed by atoms with Gasteiger partial charge in [0.15, 0.2) is 0 Å². The highest BCUT2D eigenvalue weighted by molar-refractivity contribution is 8.14. The zero-order chi connectivity index (χ0) is 9.30. The number of thioether (sulfide) groups is 1. The highest BCUT2D eigenvalue weighted by Gasteiger charge is 2.33. The van der Waals surface area contributed by atoms with Crippen LogP contribution in [-0.2, 0) is 4.79 Å². The summed E-state index contributed by atoms with van der Waals surface area (Å²) in [5, 5.41) is -0.157. The Balaban J connectivity index is 2.79. The Bertz CT molecular complexity index is 233. The summed E-state index contributed by atoms with van der Waals surface area (Å²) in [4.78, 5) is 23.6. The van der Waals surface area contributed by atoms with Gasteiger partial charge in [-0.15, -0.1) is 0 Å². The lowest BCUT2D eigenvalue weighted by atomic mass is 10.1. The van der Waals surface area contributed by atoms with E-state index in [4.69, 9.17) is 0 Å². The Kier molecular flexibility index (Phi) is 2.57. The molecule has 3 nitrogen and oxygen atoms in total. The van der Waals surface area contributed by atoms with Crippen LogP contribution in [0.15, 0.2) is 12.2 Å². The van der Waals surface area contributed by atoms with E-state index < -0.39 is 0 Å². The van der Waals surface area contributed by atoms with Gasteiger partial charge in [-0.05, 0) is 13.8 Å². The number of hydrogen-bond donors (Lipinski definition) is 0. The fourth-order valence-corrected chi connectivity index (χ4v) is 1.74. The number of imide groups is 1. The second-order valence-corrected chi connectivity index (χ2v) is 3.77. The zero-order valence-electron chi connectivity index (χ0n) is 7.16. The fraction of sp³-hybridized carbons (Fsp3) is 0.500. The minimum Gasteiger partial charge on any atom is -0.273 e. The van der Waals surface area contributed by atoms with Crippen molar-refractivity contribution in [3.05, 3.63) is 12.2 Å². The maximum atomic E-state index is 11.2. The number of nitrogens with zero attached hydrogens (tertiary/aromatic N) is 1. The van der Waals surface area contributed by atoms with Gasteiger partial charge >= 0.3 is 0 Å². The van der Waals surface area contributed by atoms with E-state index in [2.05, 4.69) is 6.58 Å². The van der Waals surface area contributed by atoms with Crippen molar-refractivity contribution < 1.29 is 9.59 Å². The first-order chi connectivity index (χ1) is 5.54. The SMILES string of the molecule is C=C(C)[C@H](C)N1C(=O)CSC1=O. The summed E-state index contributed by atoms with van der Waals surface area (Å²) < 4.78 is 0. The summed E-state index contributed by atoms with van der Waals surface area (Å²) in [5.41, 5.74) is 0.833. The highest BCUT2D eigenvalue weighted by Crippen LogP contribution is 2.23. The molecule has 0 saturated carbocycles. The molecule has 0 spiro atoms. The van der Waals surface area contributed by atoms with Gasteiger partial charge in [0.2, 0.25) is 5.91 Å². The smallest absolute Gasteiger partial charge is 0.273 e. The number of rotatable bonds is 2. The van der Waals surface area contributed by atoms with E-state index >= 15 is 0 Å². The molecule has 0 unspecified atom stereocenters. The lowest BCUT2D eigenvalue weighted by Gasteiger charge is -2.21. The lowest BCUT2D eigenvalue weighted by molar-refractivity contribution is -0.125. The van der Waals surface area contributed by atoms with Crippen LogP contribution in [-0.4, -0.2) is 27.8 Å². The van der Waals surface area contributed by atoms with Crippen LogP contribution >= 0.6 is 11.8 Å². The molecular weight excluding hydrogens is 174 g/mol. The van der Waals surface area contributed by atoms with E-state index in [-0.39, 0.29) is 22.9 Å². The third-order valence-corrected chi connectivity index (χ3v) is 2.72. The van der Waals surface area contributed by atoms with Gasteiger partial charge in [-0.1, -0.05) is 23.9 Å². The molecule has 1 aliphatic rings. The molecule has 0 N–H and O–H groups in total. The van der Waals surface area contributed by atoms with Crippen molar-refractivity contribution in [2.24, 2.45) is 0 Å². The van der Waals surface area contributed by atoms with Crippen molar-refractivity contribution >= 4 is 22.9 Å². The summed E-state index contributed by atoms with van der Waals surface area (Å²) in [6.07, 6.45) is 0. The second kappa shape index (κ2) is 3.31. The lowest BCUT2D eigenvalue weighted by Crippen LogP contribution is -2.37. The largest absolute Gasteiger partial charge is 0.289 e. The van der Waals surface area contributed by atoms with E-state index in [0.29, 0.717) is 0 Å². The first-order valence-corrected chi connectivity index (χ1v) is 4.67. The van der Waals surface area contributed by atoms with Gasteiger partial charge in [0.05, 0.1) is 11.8 Å². The molecule has 4 heteroatoms. The van der Waals surface area contributed by atoms with Gasteiger partial charge in [-0.25, -0.2) is 0 Å². The molecule has 1 saturated heterocycles. The van der Waals surface area contributed by atoms with E-state index in [1.807, 2.05) is 13.8 Å². The topological polar surface area (TPSA) is 37.4 Å². The van der Waals surface area contributed by atoms with Gasteiger partial charge in [-0.3, -0.25) is 14.5 Å². The molecule has 0 aromatic rings. The van der Waals surface area contributed by atoms with E-state index in [0.717, 1.165) is 17.3 Å². The van der Waals surface area contributed by atoms with Gasteiger partial charge in [-0.2, -0.15) is 0 Å². The maximum Gasteiger partial charge on any atom is 0.289 e. The average molecular weight is 185 g/mol. The van der Waals surface area contributed by atoms with Crippen LogP contribution in [0.4, 0.5) is 4.79 Å². The predicted octanol–water partition coefficient (Wildman–Crippen LogP) is 1.65. The number of hydrogen-bond acceptors (Lipinski definition) is 3. The molecular formula is C8H11NO2S. The van der Waals surface area contributed by atoms with Gasteiger partial charge in [0.1, 0.15) is 0 Å². The summed E-state index contributed by atoms with van der Waals surface area (Å²) in [6.45, 7) is 7.34. The summed E-state index contributed by atoms with van der Waals surface area (Å²) in [7, 11) is 0. The molecule has 1 fully saturated rings. The Morgan fingerprint density at radius 2 is 2.25 bits per heavy atom. The molecule has 0 aliphatic carbocycles. The van der Waals surface area contributed by atoms with Crippen LogP contribution < -0.4 is 0 Å². The van der Waals surface area contributed by atoms with Crippen molar-refractivity contribution in [3.63, 3.8) is 0 Å². The van der Waals surface area contributed by atoms with E-state index in [9.17, 15) is 9.59 Å². The minimum atomic E-state index is -0.167. The van der Waals surface area contributed by atoms with Gasteiger partial charge in [0.25, 0.3) is 5.24 Å². The zero-order valence-corrected chi connectivity index (χ0v) is 7.98. The van der Waals surface area contributed by atoms with E-state index in [1.165, 1.54) is 4.90 Å². The van der Waals surface area contributed by atoms with Crippen LogP contribution in [0.5, 0.6) is 0 Å². The molecule has 1 rings (SSSR count). The number of amides is 2. The fourth-order valence-electron chi connectivity index (χ4n) is 0.959. The Morgan fingerprint density at radius 1 is 1.67 bits per heavy atom. The normalized spacial score (nSPS) is 20.0. The minimum absolute atomic E-state index is 0.111. The van der Waals surface area contributed by atoms with Crippen molar-refractivity contribution in [3.8, 4) is 0 Å². The molecule has 1 heterocycles. The first-order valence-electron chi connectivity index (χ1n) is 3.68. The molecule has 0 aromatic heterocycles. The van der Waals surface area contributed by atoms with Crippen molar-refractivity contribution in [1.82, 2.24) is 4.90 Å². The maximum absolute atomic E-state index is 11.2. The molecule has 0 radical (unpaired) electrons. The molecule has 0 aromatic carbocycles. The molecule has 1 aliphatic heterocycles. The third-order valence-electron chi connectivity index (χ3n) is 1.88. The average Bonchev–Trinajstić information content (AvgIpc) is 2.30. The summed E-state index contributed by atoms with van der Waals surface area (Å²) in [6, 6.07) is -0.167. The quantitative estimate of drug-likeness (QED) is 0.614. The first kappa shape index (κ1) is 9.32. The molecule has 2 amide bonds. The van der Waals surface area contributed by atoms with Crippen LogP contribution in [0.25, 0.3) is 0 Å². The molecule has 1 atom stereocenters. The summed E-state index contributed by atoms with van der Waals surface area (Å²) >= 11 is 1.06. The standard InChI is InChI=1S/C8H11NO2S/c1-5(2)6(3)9-7(10)4-12-8(9)11/h6H,1,4H2,2-3H3/t6-/m0/s1. The molecule has 0 bridgehead atoms. The second-order valence-electron chi connectivity index (χ2n) is 2.84. The van der Waals surface area contributed by atoms with Crippen molar-refractivity contribution in [2.45, 2.75) is 19.9 Å². The van der Waals surface area contributed by atoms with Crippen LogP contribution in [0.2, 0.25) is 0 Å². The Morgan fingerprint density at radius 3 is 2.58 bits per heavy atom.